The minimum atomic E-state index is -3.47. The fourth-order valence-corrected chi connectivity index (χ4v) is 3.57. The van der Waals surface area contributed by atoms with Gasteiger partial charge in [-0.25, -0.2) is 13.1 Å². The molecule has 0 amide bonds. The number of guanidine groups is 1. The maximum Gasteiger partial charge on any atom is 0.240 e. The molecule has 1 fully saturated rings. The van der Waals surface area contributed by atoms with E-state index in [4.69, 9.17) is 5.73 Å². The van der Waals surface area contributed by atoms with Gasteiger partial charge in [0.25, 0.3) is 0 Å². The van der Waals surface area contributed by atoms with Crippen molar-refractivity contribution in [1.29, 1.82) is 0 Å². The van der Waals surface area contributed by atoms with Gasteiger partial charge in [0.1, 0.15) is 0 Å². The van der Waals surface area contributed by atoms with E-state index < -0.39 is 10.0 Å². The molecular weight excluding hydrogens is 427 g/mol. The number of nitrogens with one attached hydrogen (secondary N) is 1. The fraction of sp³-hybridized carbons (Fsp3) is 0.533. The molecule has 1 aliphatic heterocycles. The molecule has 0 aromatic heterocycles. The molecular formula is C15H25IN4O2S. The largest absolute Gasteiger partial charge is 0.370 e. The topological polar surface area (TPSA) is 87.8 Å². The summed E-state index contributed by atoms with van der Waals surface area (Å²) in [7, 11) is -3.47. The van der Waals surface area contributed by atoms with E-state index >= 15 is 0 Å². The van der Waals surface area contributed by atoms with E-state index in [2.05, 4.69) is 21.5 Å². The first-order chi connectivity index (χ1) is 10.5. The van der Waals surface area contributed by atoms with Crippen molar-refractivity contribution in [2.75, 3.05) is 26.2 Å². The summed E-state index contributed by atoms with van der Waals surface area (Å²) in [5, 5.41) is 0. The van der Waals surface area contributed by atoms with Crippen LogP contribution in [-0.4, -0.2) is 45.5 Å². The first-order valence-corrected chi connectivity index (χ1v) is 9.07. The van der Waals surface area contributed by atoms with Gasteiger partial charge in [0.15, 0.2) is 5.96 Å². The van der Waals surface area contributed by atoms with E-state index in [1.807, 2.05) is 0 Å². The Balaban J connectivity index is 0.00000264. The second-order valence-electron chi connectivity index (χ2n) is 5.64. The quantitative estimate of drug-likeness (QED) is 0.308. The summed E-state index contributed by atoms with van der Waals surface area (Å²) in [6, 6.07) is 8.30. The highest BCUT2D eigenvalue weighted by molar-refractivity contribution is 14.0. The van der Waals surface area contributed by atoms with Crippen molar-refractivity contribution in [1.82, 2.24) is 9.62 Å². The van der Waals surface area contributed by atoms with Gasteiger partial charge in [0.2, 0.25) is 10.0 Å². The molecule has 1 heterocycles. The Morgan fingerprint density at radius 2 is 2.09 bits per heavy atom. The van der Waals surface area contributed by atoms with Gasteiger partial charge in [-0.3, -0.25) is 4.99 Å². The molecule has 3 N–H and O–H groups in total. The predicted octanol–water partition coefficient (Wildman–Crippen LogP) is 1.63. The number of rotatable bonds is 5. The molecule has 0 radical (unpaired) electrons. The summed E-state index contributed by atoms with van der Waals surface area (Å²) in [5.74, 6) is 1.13. The van der Waals surface area contributed by atoms with Crippen molar-refractivity contribution in [2.24, 2.45) is 16.6 Å². The van der Waals surface area contributed by atoms with Crippen LogP contribution in [0.4, 0.5) is 0 Å². The molecule has 1 unspecified atom stereocenters. The summed E-state index contributed by atoms with van der Waals surface area (Å²) in [6.07, 6.45) is 2.35. The number of halogens is 1. The number of nitrogens with two attached hydrogens (primary N) is 1. The highest BCUT2D eigenvalue weighted by Crippen LogP contribution is 2.14. The number of hydrogen-bond acceptors (Lipinski definition) is 3. The van der Waals surface area contributed by atoms with Gasteiger partial charge in [0.05, 0.1) is 11.4 Å². The second kappa shape index (κ2) is 9.43. The van der Waals surface area contributed by atoms with Crippen LogP contribution in [0.2, 0.25) is 0 Å². The van der Waals surface area contributed by atoms with Gasteiger partial charge in [-0.15, -0.1) is 24.0 Å². The van der Waals surface area contributed by atoms with Gasteiger partial charge >= 0.3 is 0 Å². The van der Waals surface area contributed by atoms with Crippen molar-refractivity contribution in [2.45, 2.75) is 24.7 Å². The van der Waals surface area contributed by atoms with E-state index in [-0.39, 0.29) is 35.4 Å². The third-order valence-electron chi connectivity index (χ3n) is 3.71. The minimum absolute atomic E-state index is 0. The lowest BCUT2D eigenvalue weighted by Crippen LogP contribution is -2.43. The SMILES string of the molecule is CC1CCCN(C(N)=NCCNS(=O)(=O)c2ccccc2)C1.I. The fourth-order valence-electron chi connectivity index (χ4n) is 2.53. The molecule has 1 saturated heterocycles. The number of nitrogens with zero attached hydrogens (tertiary/aromatic N) is 2. The average Bonchev–Trinajstić information content (AvgIpc) is 2.52. The Morgan fingerprint density at radius 3 is 2.74 bits per heavy atom. The lowest BCUT2D eigenvalue weighted by molar-refractivity contribution is 0.270. The van der Waals surface area contributed by atoms with Crippen LogP contribution in [0.15, 0.2) is 40.2 Å². The number of aliphatic imine (C=N–C) groups is 1. The Morgan fingerprint density at radius 1 is 1.39 bits per heavy atom. The number of sulfonamides is 1. The number of benzene rings is 1. The lowest BCUT2D eigenvalue weighted by atomic mass is 10.0. The summed E-state index contributed by atoms with van der Waals surface area (Å²) < 4.78 is 26.6. The Bertz CT molecular complexity index is 607. The third kappa shape index (κ3) is 6.27. The van der Waals surface area contributed by atoms with Gasteiger partial charge in [-0.1, -0.05) is 25.1 Å². The van der Waals surface area contributed by atoms with Gasteiger partial charge in [0, 0.05) is 19.6 Å². The van der Waals surface area contributed by atoms with Gasteiger partial charge < -0.3 is 10.6 Å². The molecule has 1 atom stereocenters. The zero-order valence-corrected chi connectivity index (χ0v) is 16.5. The summed E-state index contributed by atoms with van der Waals surface area (Å²) >= 11 is 0. The number of hydrogen-bond donors (Lipinski definition) is 2. The van der Waals surface area contributed by atoms with Gasteiger partial charge in [-0.05, 0) is 30.9 Å². The summed E-state index contributed by atoms with van der Waals surface area (Å²) in [4.78, 5) is 6.60. The second-order valence-corrected chi connectivity index (χ2v) is 7.41. The Kier molecular flexibility index (Phi) is 8.27. The lowest BCUT2D eigenvalue weighted by Gasteiger charge is -2.31. The average molecular weight is 452 g/mol. The zero-order valence-electron chi connectivity index (χ0n) is 13.3. The highest BCUT2D eigenvalue weighted by Gasteiger charge is 2.17. The molecule has 1 aromatic carbocycles. The third-order valence-corrected chi connectivity index (χ3v) is 5.19. The maximum atomic E-state index is 12.0. The van der Waals surface area contributed by atoms with Crippen LogP contribution in [0.1, 0.15) is 19.8 Å². The van der Waals surface area contributed by atoms with Crippen LogP contribution in [0.3, 0.4) is 0 Å². The molecule has 130 valence electrons. The normalized spacial score (nSPS) is 19.3. The van der Waals surface area contributed by atoms with Gasteiger partial charge in [-0.2, -0.15) is 0 Å². The predicted molar refractivity (Wildman–Crippen MR) is 104 cm³/mol. The summed E-state index contributed by atoms with van der Waals surface area (Å²) in [5.41, 5.74) is 5.97. The number of likely N-dealkylation sites (tertiary alicyclic amines) is 1. The van der Waals surface area contributed by atoms with Crippen LogP contribution in [0.25, 0.3) is 0 Å². The van der Waals surface area contributed by atoms with E-state index in [0.717, 1.165) is 19.5 Å². The molecule has 0 saturated carbocycles. The molecule has 1 aliphatic rings. The number of piperidine rings is 1. The Labute approximate surface area is 155 Å². The molecule has 0 aliphatic carbocycles. The molecule has 1 aromatic rings. The molecule has 2 rings (SSSR count). The Hall–Kier alpha value is -0.870. The molecule has 8 heteroatoms. The van der Waals surface area contributed by atoms with Crippen LogP contribution >= 0.6 is 24.0 Å². The van der Waals surface area contributed by atoms with E-state index in [1.54, 1.807) is 30.3 Å². The zero-order chi connectivity index (χ0) is 16.0. The maximum absolute atomic E-state index is 12.0. The molecule has 0 spiro atoms. The van der Waals surface area contributed by atoms with E-state index in [1.165, 1.54) is 6.42 Å². The monoisotopic (exact) mass is 452 g/mol. The van der Waals surface area contributed by atoms with Crippen LogP contribution in [-0.2, 0) is 10.0 Å². The van der Waals surface area contributed by atoms with Crippen molar-refractivity contribution < 1.29 is 8.42 Å². The minimum Gasteiger partial charge on any atom is -0.370 e. The van der Waals surface area contributed by atoms with Crippen molar-refractivity contribution >= 4 is 40.0 Å². The van der Waals surface area contributed by atoms with Crippen molar-refractivity contribution in [3.05, 3.63) is 30.3 Å². The first-order valence-electron chi connectivity index (χ1n) is 7.58. The van der Waals surface area contributed by atoms with Crippen LogP contribution < -0.4 is 10.5 Å². The van der Waals surface area contributed by atoms with Crippen LogP contribution in [0.5, 0.6) is 0 Å². The smallest absolute Gasteiger partial charge is 0.240 e. The van der Waals surface area contributed by atoms with E-state index in [9.17, 15) is 8.42 Å². The highest BCUT2D eigenvalue weighted by atomic mass is 127. The van der Waals surface area contributed by atoms with Crippen molar-refractivity contribution in [3.63, 3.8) is 0 Å². The molecule has 0 bridgehead atoms. The summed E-state index contributed by atoms with van der Waals surface area (Å²) in [6.45, 7) is 4.62. The van der Waals surface area contributed by atoms with E-state index in [0.29, 0.717) is 18.4 Å². The standard InChI is InChI=1S/C15H24N4O2S.HI/c1-13-6-5-11-19(12-13)15(16)17-9-10-18-22(20,21)14-7-3-2-4-8-14;/h2-4,7-8,13,18H,5-6,9-12H2,1H3,(H2,16,17);1H. The first kappa shape index (κ1) is 20.2. The van der Waals surface area contributed by atoms with Crippen LogP contribution in [0, 0.1) is 5.92 Å². The van der Waals surface area contributed by atoms with Crippen molar-refractivity contribution in [3.8, 4) is 0 Å². The molecule has 23 heavy (non-hydrogen) atoms. The molecule has 6 nitrogen and oxygen atoms in total.